The monoisotopic (exact) mass is 693 g/mol. The molecule has 0 radical (unpaired) electrons. The van der Waals surface area contributed by atoms with Crippen molar-refractivity contribution in [2.24, 2.45) is 0 Å². The first-order chi connectivity index (χ1) is 24.8. The van der Waals surface area contributed by atoms with Crippen LogP contribution in [0.3, 0.4) is 0 Å². The van der Waals surface area contributed by atoms with Crippen molar-refractivity contribution in [2.45, 2.75) is 89.0 Å². The highest BCUT2D eigenvalue weighted by Gasteiger charge is 2.36. The lowest BCUT2D eigenvalue weighted by atomic mass is 9.98. The molecule has 51 heavy (non-hydrogen) atoms. The fraction of sp³-hybridized carbons (Fsp3) is 0.500. The normalized spacial score (nSPS) is 20.3. The molecule has 0 aromatic heterocycles. The highest BCUT2D eigenvalue weighted by molar-refractivity contribution is 5.93. The van der Waals surface area contributed by atoms with E-state index >= 15 is 0 Å². The minimum absolute atomic E-state index is 0.0143. The number of urea groups is 2. The number of para-hydroxylation sites is 1. The van der Waals surface area contributed by atoms with Crippen LogP contribution >= 0.6 is 0 Å². The van der Waals surface area contributed by atoms with E-state index in [0.29, 0.717) is 51.6 Å². The number of amides is 6. The molecule has 1 unspecified atom stereocenters. The Balaban J connectivity index is 0.994. The molecule has 0 spiro atoms. The lowest BCUT2D eigenvalue weighted by molar-refractivity contribution is -0.140. The lowest BCUT2D eigenvalue weighted by Crippen LogP contribution is -2.56. The van der Waals surface area contributed by atoms with E-state index in [4.69, 9.17) is 0 Å². The molecule has 0 bridgehead atoms. The zero-order chi connectivity index (χ0) is 35.3. The molecule has 6 amide bonds. The summed E-state index contributed by atoms with van der Waals surface area (Å²) < 4.78 is 0. The molecule has 2 atom stereocenters. The topological polar surface area (TPSA) is 117 Å². The Kier molecular flexibility index (Phi) is 10.7. The van der Waals surface area contributed by atoms with E-state index in [1.54, 1.807) is 4.90 Å². The lowest BCUT2D eigenvalue weighted by Gasteiger charge is -2.41. The number of anilines is 1. The van der Waals surface area contributed by atoms with E-state index in [0.717, 1.165) is 53.5 Å². The number of hydrogen-bond donors (Lipinski definition) is 3. The first-order valence-corrected chi connectivity index (χ1v) is 18.8. The molecule has 0 saturated carbocycles. The summed E-state index contributed by atoms with van der Waals surface area (Å²) in [5, 5.41) is 11.1. The van der Waals surface area contributed by atoms with Gasteiger partial charge >= 0.3 is 12.1 Å². The van der Waals surface area contributed by atoms with Crippen LogP contribution in [0.4, 0.5) is 15.3 Å². The van der Waals surface area contributed by atoms with Gasteiger partial charge in [0.25, 0.3) is 0 Å². The minimum atomic E-state index is -0.981. The van der Waals surface area contributed by atoms with Crippen LogP contribution in [0.15, 0.2) is 66.7 Å². The summed E-state index contributed by atoms with van der Waals surface area (Å²) in [6.45, 7) is 6.93. The largest absolute Gasteiger partial charge is 0.342 e. The van der Waals surface area contributed by atoms with E-state index in [9.17, 15) is 19.2 Å². The van der Waals surface area contributed by atoms with Crippen LogP contribution in [0.5, 0.6) is 0 Å². The summed E-state index contributed by atoms with van der Waals surface area (Å²) >= 11 is 0. The third kappa shape index (κ3) is 7.98. The fourth-order valence-corrected chi connectivity index (χ4v) is 8.51. The molecule has 11 heteroatoms. The molecule has 11 nitrogen and oxygen atoms in total. The van der Waals surface area contributed by atoms with Gasteiger partial charge in [0.2, 0.25) is 11.8 Å². The van der Waals surface area contributed by atoms with Gasteiger partial charge in [-0.3, -0.25) is 9.59 Å². The standard InChI is InChI=1S/C40H51N7O4/c1-28(33-14-9-12-29-10-3-5-13-34(29)33)41-39(50)42-36(38(49)46-24-16-31(17-25-46)44-20-7-2-8-21-44)26-37(48)45-22-18-32(19-23-45)47-27-30-11-4-6-15-35(30)43-40(47)51/h3-6,9-15,28,31-32,36H,2,7-8,16-27H2,1H3,(H,43,51)(H2,41,42,50)/t28?,36-/m0/s1. The molecule has 7 rings (SSSR count). The SMILES string of the molecule is CC(NC(=O)N[C@@H](CC(=O)N1CCC(N2Cc3ccccc3NC2=O)CC1)C(=O)N1CCC(N2CCCCC2)CC1)c1cccc2ccccc12. The number of carbonyl (C=O) groups excluding carboxylic acids is 4. The van der Waals surface area contributed by atoms with Crippen molar-refractivity contribution in [1.82, 2.24) is 30.2 Å². The summed E-state index contributed by atoms with van der Waals surface area (Å²) in [5.41, 5.74) is 2.91. The second-order valence-corrected chi connectivity index (χ2v) is 14.6. The molecule has 0 aliphatic carbocycles. The van der Waals surface area contributed by atoms with E-state index < -0.39 is 12.1 Å². The van der Waals surface area contributed by atoms with Gasteiger partial charge in [0.1, 0.15) is 6.04 Å². The van der Waals surface area contributed by atoms with Gasteiger partial charge < -0.3 is 35.6 Å². The highest BCUT2D eigenvalue weighted by Crippen LogP contribution is 2.29. The maximum absolute atomic E-state index is 14.1. The van der Waals surface area contributed by atoms with Gasteiger partial charge in [-0.1, -0.05) is 67.1 Å². The van der Waals surface area contributed by atoms with Gasteiger partial charge in [0.15, 0.2) is 0 Å². The number of likely N-dealkylation sites (tertiary alicyclic amines) is 3. The third-order valence-electron chi connectivity index (χ3n) is 11.4. The van der Waals surface area contributed by atoms with Crippen LogP contribution in [0, 0.1) is 0 Å². The van der Waals surface area contributed by atoms with Gasteiger partial charge in [-0.2, -0.15) is 0 Å². The van der Waals surface area contributed by atoms with Crippen molar-refractivity contribution < 1.29 is 19.2 Å². The Bertz CT molecular complexity index is 1720. The van der Waals surface area contributed by atoms with Crippen molar-refractivity contribution in [1.29, 1.82) is 0 Å². The molecule has 4 heterocycles. The highest BCUT2D eigenvalue weighted by atomic mass is 16.2. The Hall–Kier alpha value is -4.64. The minimum Gasteiger partial charge on any atom is -0.342 e. The van der Waals surface area contributed by atoms with Crippen molar-refractivity contribution in [2.75, 3.05) is 44.6 Å². The third-order valence-corrected chi connectivity index (χ3v) is 11.4. The number of nitrogens with zero attached hydrogens (tertiary/aromatic N) is 4. The number of benzene rings is 3. The Morgan fingerprint density at radius 3 is 2.22 bits per heavy atom. The first kappa shape index (κ1) is 34.8. The van der Waals surface area contributed by atoms with E-state index in [2.05, 4.69) is 20.9 Å². The molecular weight excluding hydrogens is 642 g/mol. The second-order valence-electron chi connectivity index (χ2n) is 14.6. The summed E-state index contributed by atoms with van der Waals surface area (Å²) in [6.07, 6.45) is 6.75. The number of carbonyl (C=O) groups is 4. The summed E-state index contributed by atoms with van der Waals surface area (Å²) in [5.74, 6) is -0.363. The molecule has 270 valence electrons. The zero-order valence-corrected chi connectivity index (χ0v) is 29.7. The molecular formula is C40H51N7O4. The molecule has 3 saturated heterocycles. The number of piperidine rings is 3. The summed E-state index contributed by atoms with van der Waals surface area (Å²) in [4.78, 5) is 62.5. The quantitative estimate of drug-likeness (QED) is 0.289. The van der Waals surface area contributed by atoms with Crippen molar-refractivity contribution in [3.8, 4) is 0 Å². The van der Waals surface area contributed by atoms with Crippen LogP contribution in [0.2, 0.25) is 0 Å². The van der Waals surface area contributed by atoms with Gasteiger partial charge in [0, 0.05) is 50.5 Å². The zero-order valence-electron chi connectivity index (χ0n) is 29.7. The number of fused-ring (bicyclic) bond motifs is 2. The van der Waals surface area contributed by atoms with E-state index in [1.165, 1.54) is 19.3 Å². The summed E-state index contributed by atoms with van der Waals surface area (Å²) in [7, 11) is 0. The van der Waals surface area contributed by atoms with Gasteiger partial charge in [0.05, 0.1) is 12.5 Å². The fourth-order valence-electron chi connectivity index (χ4n) is 8.51. The van der Waals surface area contributed by atoms with Crippen molar-refractivity contribution in [3.05, 3.63) is 77.9 Å². The molecule has 4 aliphatic rings. The smallest absolute Gasteiger partial charge is 0.322 e. The van der Waals surface area contributed by atoms with Crippen LogP contribution in [-0.2, 0) is 16.1 Å². The Morgan fingerprint density at radius 2 is 1.43 bits per heavy atom. The maximum atomic E-state index is 14.1. The van der Waals surface area contributed by atoms with Crippen LogP contribution < -0.4 is 16.0 Å². The predicted octanol–water partition coefficient (Wildman–Crippen LogP) is 5.47. The average Bonchev–Trinajstić information content (AvgIpc) is 3.17. The predicted molar refractivity (Wildman–Crippen MR) is 198 cm³/mol. The number of nitrogens with one attached hydrogen (secondary N) is 3. The number of hydrogen-bond acceptors (Lipinski definition) is 5. The van der Waals surface area contributed by atoms with Crippen molar-refractivity contribution in [3.63, 3.8) is 0 Å². The van der Waals surface area contributed by atoms with Crippen LogP contribution in [0.25, 0.3) is 10.8 Å². The molecule has 3 fully saturated rings. The van der Waals surface area contributed by atoms with Gasteiger partial charge in [-0.05, 0) is 86.5 Å². The molecule has 4 aliphatic heterocycles. The first-order valence-electron chi connectivity index (χ1n) is 18.8. The number of rotatable bonds is 8. The molecule has 3 N–H and O–H groups in total. The van der Waals surface area contributed by atoms with Gasteiger partial charge in [-0.25, -0.2) is 9.59 Å². The van der Waals surface area contributed by atoms with Crippen LogP contribution in [0.1, 0.15) is 75.5 Å². The molecule has 3 aromatic carbocycles. The summed E-state index contributed by atoms with van der Waals surface area (Å²) in [6, 6.07) is 20.5. The maximum Gasteiger partial charge on any atom is 0.322 e. The van der Waals surface area contributed by atoms with E-state index in [1.807, 2.05) is 83.5 Å². The van der Waals surface area contributed by atoms with Crippen molar-refractivity contribution >= 4 is 40.3 Å². The van der Waals surface area contributed by atoms with Crippen LogP contribution in [-0.4, -0.2) is 101 Å². The average molecular weight is 694 g/mol. The molecule has 3 aromatic rings. The Labute approximate surface area is 300 Å². The second kappa shape index (κ2) is 15.7. The van der Waals surface area contributed by atoms with E-state index in [-0.39, 0.29) is 36.3 Å². The Morgan fingerprint density at radius 1 is 0.765 bits per heavy atom. The van der Waals surface area contributed by atoms with Gasteiger partial charge in [-0.15, -0.1) is 0 Å².